The Morgan fingerprint density at radius 3 is 2.80 bits per heavy atom. The third-order valence-corrected chi connectivity index (χ3v) is 3.76. The summed E-state index contributed by atoms with van der Waals surface area (Å²) < 4.78 is 5.51. The van der Waals surface area contributed by atoms with Gasteiger partial charge in [-0.2, -0.15) is 0 Å². The summed E-state index contributed by atoms with van der Waals surface area (Å²) in [7, 11) is 0. The number of likely N-dealkylation sites (tertiary alicyclic amines) is 1. The smallest absolute Gasteiger partial charge is 0.260 e. The van der Waals surface area contributed by atoms with E-state index in [4.69, 9.17) is 16.3 Å². The van der Waals surface area contributed by atoms with E-state index in [9.17, 15) is 9.90 Å². The van der Waals surface area contributed by atoms with Gasteiger partial charge in [0.2, 0.25) is 0 Å². The molecular formula is C15H20ClNO3. The Kier molecular flexibility index (Phi) is 4.55. The molecule has 1 N–H and O–H groups in total. The molecule has 1 fully saturated rings. The molecule has 1 aromatic carbocycles. The van der Waals surface area contributed by atoms with E-state index in [0.717, 1.165) is 18.4 Å². The first-order valence-electron chi connectivity index (χ1n) is 6.82. The minimum atomic E-state index is -0.694. The Labute approximate surface area is 124 Å². The van der Waals surface area contributed by atoms with Gasteiger partial charge in [-0.15, -0.1) is 0 Å². The minimum Gasteiger partial charge on any atom is -0.483 e. The van der Waals surface area contributed by atoms with Crippen LogP contribution in [0.5, 0.6) is 5.75 Å². The first-order chi connectivity index (χ1) is 9.43. The van der Waals surface area contributed by atoms with Crippen LogP contribution in [-0.2, 0) is 4.79 Å². The van der Waals surface area contributed by atoms with Crippen LogP contribution >= 0.6 is 11.6 Å². The van der Waals surface area contributed by atoms with E-state index in [-0.39, 0.29) is 12.5 Å². The average molecular weight is 298 g/mol. The molecule has 0 aliphatic carbocycles. The maximum atomic E-state index is 11.9. The molecule has 4 nitrogen and oxygen atoms in total. The molecule has 0 radical (unpaired) electrons. The molecular weight excluding hydrogens is 278 g/mol. The van der Waals surface area contributed by atoms with Crippen molar-refractivity contribution in [2.24, 2.45) is 0 Å². The number of aliphatic hydroxyl groups is 1. The molecule has 0 atom stereocenters. The van der Waals surface area contributed by atoms with Crippen molar-refractivity contribution >= 4 is 17.5 Å². The van der Waals surface area contributed by atoms with Gasteiger partial charge in [-0.3, -0.25) is 4.79 Å². The highest BCUT2D eigenvalue weighted by Gasteiger charge is 2.42. The van der Waals surface area contributed by atoms with E-state index < -0.39 is 5.60 Å². The highest BCUT2D eigenvalue weighted by molar-refractivity contribution is 6.30. The van der Waals surface area contributed by atoms with Gasteiger partial charge in [0.15, 0.2) is 6.61 Å². The molecule has 2 rings (SSSR count). The first kappa shape index (κ1) is 15.1. The predicted molar refractivity (Wildman–Crippen MR) is 78.1 cm³/mol. The Morgan fingerprint density at radius 1 is 1.50 bits per heavy atom. The lowest BCUT2D eigenvalue weighted by Gasteiger charge is -2.46. The van der Waals surface area contributed by atoms with Crippen LogP contribution in [0.2, 0.25) is 5.02 Å². The van der Waals surface area contributed by atoms with Crippen molar-refractivity contribution in [1.29, 1.82) is 0 Å². The SMILES string of the molecule is CCCC1(O)CN(C(=O)COc2ccc(Cl)cc2C)C1. The number of nitrogens with zero attached hydrogens (tertiary/aromatic N) is 1. The number of halogens is 1. The lowest BCUT2D eigenvalue weighted by molar-refractivity contribution is -0.158. The molecule has 1 aliphatic heterocycles. The predicted octanol–water partition coefficient (Wildman–Crippen LogP) is 2.40. The molecule has 1 amide bonds. The molecule has 0 unspecified atom stereocenters. The molecule has 0 spiro atoms. The van der Waals surface area contributed by atoms with E-state index in [2.05, 4.69) is 0 Å². The normalized spacial score (nSPS) is 16.7. The maximum Gasteiger partial charge on any atom is 0.260 e. The third kappa shape index (κ3) is 3.44. The van der Waals surface area contributed by atoms with Crippen LogP contribution < -0.4 is 4.74 Å². The molecule has 1 aliphatic rings. The average Bonchev–Trinajstić information content (AvgIpc) is 2.34. The van der Waals surface area contributed by atoms with Gasteiger partial charge in [-0.05, 0) is 37.1 Å². The first-order valence-corrected chi connectivity index (χ1v) is 7.20. The summed E-state index contributed by atoms with van der Waals surface area (Å²) in [5.74, 6) is 0.562. The minimum absolute atomic E-state index is 0.00925. The van der Waals surface area contributed by atoms with Gasteiger partial charge in [0.1, 0.15) is 5.75 Å². The zero-order valence-electron chi connectivity index (χ0n) is 11.9. The quantitative estimate of drug-likeness (QED) is 0.908. The maximum absolute atomic E-state index is 11.9. The van der Waals surface area contributed by atoms with Crippen molar-refractivity contribution in [1.82, 2.24) is 4.90 Å². The van der Waals surface area contributed by atoms with Crippen molar-refractivity contribution in [2.75, 3.05) is 19.7 Å². The lowest BCUT2D eigenvalue weighted by atomic mass is 9.89. The number of carbonyl (C=O) groups excluding carboxylic acids is 1. The highest BCUT2D eigenvalue weighted by Crippen LogP contribution is 2.26. The fourth-order valence-corrected chi connectivity index (χ4v) is 2.70. The fourth-order valence-electron chi connectivity index (χ4n) is 2.47. The van der Waals surface area contributed by atoms with Crippen LogP contribution in [0.1, 0.15) is 25.3 Å². The van der Waals surface area contributed by atoms with Crippen molar-refractivity contribution in [3.63, 3.8) is 0 Å². The standard InChI is InChI=1S/C15H20ClNO3/c1-3-6-15(19)9-17(10-15)14(18)8-20-13-5-4-12(16)7-11(13)2/h4-5,7,19H,3,6,8-10H2,1-2H3. The van der Waals surface area contributed by atoms with Crippen LogP contribution in [0.15, 0.2) is 18.2 Å². The lowest BCUT2D eigenvalue weighted by Crippen LogP contribution is -2.64. The molecule has 0 saturated carbocycles. The van der Waals surface area contributed by atoms with Gasteiger partial charge < -0.3 is 14.7 Å². The zero-order valence-corrected chi connectivity index (χ0v) is 12.6. The number of hydrogen-bond acceptors (Lipinski definition) is 3. The number of β-amino-alcohol motifs (C(OH)–C–C–N with tert-alkyl or cyclic N) is 1. The van der Waals surface area contributed by atoms with Gasteiger partial charge in [0, 0.05) is 5.02 Å². The fraction of sp³-hybridized carbons (Fsp3) is 0.533. The van der Waals surface area contributed by atoms with Crippen molar-refractivity contribution in [3.05, 3.63) is 28.8 Å². The highest BCUT2D eigenvalue weighted by atomic mass is 35.5. The van der Waals surface area contributed by atoms with Crippen LogP contribution in [0.3, 0.4) is 0 Å². The molecule has 0 aromatic heterocycles. The third-order valence-electron chi connectivity index (χ3n) is 3.53. The summed E-state index contributed by atoms with van der Waals surface area (Å²) >= 11 is 5.86. The van der Waals surface area contributed by atoms with Gasteiger partial charge >= 0.3 is 0 Å². The Balaban J connectivity index is 1.82. The molecule has 110 valence electrons. The number of hydrogen-bond donors (Lipinski definition) is 1. The molecule has 1 heterocycles. The summed E-state index contributed by atoms with van der Waals surface area (Å²) in [6.07, 6.45) is 1.65. The topological polar surface area (TPSA) is 49.8 Å². The Morgan fingerprint density at radius 2 is 2.20 bits per heavy atom. The molecule has 0 bridgehead atoms. The van der Waals surface area contributed by atoms with Crippen LogP contribution in [-0.4, -0.2) is 41.2 Å². The van der Waals surface area contributed by atoms with Crippen LogP contribution in [0.25, 0.3) is 0 Å². The number of rotatable bonds is 5. The second-order valence-corrected chi connectivity index (χ2v) is 5.86. The number of amides is 1. The van der Waals surface area contributed by atoms with E-state index >= 15 is 0 Å². The van der Waals surface area contributed by atoms with Gasteiger partial charge in [0.25, 0.3) is 5.91 Å². The summed E-state index contributed by atoms with van der Waals surface area (Å²) in [6.45, 7) is 4.71. The summed E-state index contributed by atoms with van der Waals surface area (Å²) in [5, 5.41) is 10.7. The molecule has 1 aromatic rings. The number of aryl methyl sites for hydroxylation is 1. The van der Waals surface area contributed by atoms with E-state index in [0.29, 0.717) is 23.9 Å². The molecule has 20 heavy (non-hydrogen) atoms. The van der Waals surface area contributed by atoms with Gasteiger partial charge in [0.05, 0.1) is 18.7 Å². The number of ether oxygens (including phenoxy) is 1. The van der Waals surface area contributed by atoms with Crippen LogP contribution in [0.4, 0.5) is 0 Å². The number of carbonyl (C=O) groups is 1. The van der Waals surface area contributed by atoms with Gasteiger partial charge in [-0.25, -0.2) is 0 Å². The summed E-state index contributed by atoms with van der Waals surface area (Å²) in [6, 6.07) is 5.29. The Bertz CT molecular complexity index is 498. The van der Waals surface area contributed by atoms with Crippen molar-refractivity contribution in [3.8, 4) is 5.75 Å². The van der Waals surface area contributed by atoms with E-state index in [1.54, 1.807) is 23.1 Å². The van der Waals surface area contributed by atoms with Crippen LogP contribution in [0, 0.1) is 6.92 Å². The summed E-state index contributed by atoms with van der Waals surface area (Å²) in [5.41, 5.74) is 0.206. The Hall–Kier alpha value is -1.26. The zero-order chi connectivity index (χ0) is 14.8. The largest absolute Gasteiger partial charge is 0.483 e. The monoisotopic (exact) mass is 297 g/mol. The molecule has 1 saturated heterocycles. The van der Waals surface area contributed by atoms with Crippen molar-refractivity contribution in [2.45, 2.75) is 32.3 Å². The summed E-state index contributed by atoms with van der Waals surface area (Å²) in [4.78, 5) is 13.6. The molecule has 5 heteroatoms. The second kappa shape index (κ2) is 6.02. The number of benzene rings is 1. The van der Waals surface area contributed by atoms with Gasteiger partial charge in [-0.1, -0.05) is 24.9 Å². The van der Waals surface area contributed by atoms with E-state index in [1.807, 2.05) is 13.8 Å². The second-order valence-electron chi connectivity index (χ2n) is 5.42. The van der Waals surface area contributed by atoms with E-state index in [1.165, 1.54) is 0 Å². The van der Waals surface area contributed by atoms with Crippen molar-refractivity contribution < 1.29 is 14.6 Å².